The molecule has 0 saturated carbocycles. The Labute approximate surface area is 85.3 Å². The molecule has 1 aliphatic rings. The highest BCUT2D eigenvalue weighted by Gasteiger charge is 2.17. The number of rotatable bonds is 2. The Balaban J connectivity index is 2.25. The van der Waals surface area contributed by atoms with Crippen LogP contribution in [-0.4, -0.2) is 13.7 Å². The maximum Gasteiger partial charge on any atom is 0.119 e. The monoisotopic (exact) mass is 191 g/mol. The molecule has 1 aromatic rings. The van der Waals surface area contributed by atoms with Crippen LogP contribution < -0.4 is 10.1 Å². The van der Waals surface area contributed by atoms with E-state index in [9.17, 15) is 0 Å². The standard InChI is InChI=1S/C12H17NO/c1-9-8-10(14-2)5-6-11(9)12-4-3-7-13-12/h5-6,8,12-13H,3-4,7H2,1-2H3/t12-/m1/s1. The zero-order valence-corrected chi connectivity index (χ0v) is 8.84. The Morgan fingerprint density at radius 3 is 2.86 bits per heavy atom. The molecule has 1 atom stereocenters. The van der Waals surface area contributed by atoms with E-state index in [1.807, 2.05) is 6.07 Å². The summed E-state index contributed by atoms with van der Waals surface area (Å²) in [5.41, 5.74) is 2.74. The van der Waals surface area contributed by atoms with Crippen molar-refractivity contribution in [1.29, 1.82) is 0 Å². The first-order chi connectivity index (χ1) is 6.81. The van der Waals surface area contributed by atoms with Crippen molar-refractivity contribution in [1.82, 2.24) is 5.32 Å². The van der Waals surface area contributed by atoms with Gasteiger partial charge in [0.05, 0.1) is 7.11 Å². The predicted octanol–water partition coefficient (Wildman–Crippen LogP) is 2.43. The molecule has 0 aromatic heterocycles. The summed E-state index contributed by atoms with van der Waals surface area (Å²) >= 11 is 0. The molecule has 0 aliphatic carbocycles. The Morgan fingerprint density at radius 1 is 1.43 bits per heavy atom. The summed E-state index contributed by atoms with van der Waals surface area (Å²) in [6.45, 7) is 3.30. The van der Waals surface area contributed by atoms with Crippen LogP contribution in [-0.2, 0) is 0 Å². The Kier molecular flexibility index (Phi) is 2.73. The molecule has 76 valence electrons. The second kappa shape index (κ2) is 4.01. The quantitative estimate of drug-likeness (QED) is 0.775. The summed E-state index contributed by atoms with van der Waals surface area (Å²) in [5, 5.41) is 3.51. The molecule has 1 N–H and O–H groups in total. The van der Waals surface area contributed by atoms with Crippen LogP contribution in [0.25, 0.3) is 0 Å². The van der Waals surface area contributed by atoms with E-state index in [-0.39, 0.29) is 0 Å². The minimum atomic E-state index is 0.556. The van der Waals surface area contributed by atoms with Crippen molar-refractivity contribution in [3.05, 3.63) is 29.3 Å². The molecule has 2 nitrogen and oxygen atoms in total. The second-order valence-electron chi connectivity index (χ2n) is 3.87. The largest absolute Gasteiger partial charge is 0.497 e. The van der Waals surface area contributed by atoms with Crippen molar-refractivity contribution >= 4 is 0 Å². The zero-order valence-electron chi connectivity index (χ0n) is 8.84. The number of hydrogen-bond acceptors (Lipinski definition) is 2. The number of hydrogen-bond donors (Lipinski definition) is 1. The summed E-state index contributed by atoms with van der Waals surface area (Å²) < 4.78 is 5.19. The molecule has 1 heterocycles. The maximum absolute atomic E-state index is 5.19. The number of aryl methyl sites for hydroxylation is 1. The van der Waals surface area contributed by atoms with E-state index >= 15 is 0 Å². The van der Waals surface area contributed by atoms with Gasteiger partial charge < -0.3 is 10.1 Å². The molecular weight excluding hydrogens is 174 g/mol. The van der Waals surface area contributed by atoms with Crippen molar-refractivity contribution in [2.24, 2.45) is 0 Å². The smallest absolute Gasteiger partial charge is 0.119 e. The lowest BCUT2D eigenvalue weighted by molar-refractivity contribution is 0.414. The average molecular weight is 191 g/mol. The molecule has 1 aliphatic heterocycles. The van der Waals surface area contributed by atoms with Gasteiger partial charge in [-0.25, -0.2) is 0 Å². The van der Waals surface area contributed by atoms with Crippen LogP contribution in [0.2, 0.25) is 0 Å². The molecule has 2 heteroatoms. The van der Waals surface area contributed by atoms with Crippen molar-refractivity contribution in [3.63, 3.8) is 0 Å². The number of methoxy groups -OCH3 is 1. The van der Waals surface area contributed by atoms with Gasteiger partial charge in [0.1, 0.15) is 5.75 Å². The molecule has 0 unspecified atom stereocenters. The van der Waals surface area contributed by atoms with Gasteiger partial charge in [-0.2, -0.15) is 0 Å². The van der Waals surface area contributed by atoms with Gasteiger partial charge in [-0.3, -0.25) is 0 Å². The molecule has 0 radical (unpaired) electrons. The van der Waals surface area contributed by atoms with Crippen molar-refractivity contribution < 1.29 is 4.74 Å². The summed E-state index contributed by atoms with van der Waals surface area (Å²) in [5.74, 6) is 0.948. The second-order valence-corrected chi connectivity index (χ2v) is 3.87. The summed E-state index contributed by atoms with van der Waals surface area (Å²) in [6.07, 6.45) is 2.54. The molecule has 0 amide bonds. The highest BCUT2D eigenvalue weighted by molar-refractivity contribution is 5.36. The van der Waals surface area contributed by atoms with E-state index in [2.05, 4.69) is 24.4 Å². The van der Waals surface area contributed by atoms with Crippen LogP contribution in [0, 0.1) is 6.92 Å². The van der Waals surface area contributed by atoms with Gasteiger partial charge in [-0.1, -0.05) is 6.07 Å². The van der Waals surface area contributed by atoms with Crippen LogP contribution >= 0.6 is 0 Å². The third-order valence-corrected chi connectivity index (χ3v) is 2.91. The van der Waals surface area contributed by atoms with Gasteiger partial charge in [-0.05, 0) is 49.6 Å². The molecule has 1 fully saturated rings. The van der Waals surface area contributed by atoms with Crippen molar-refractivity contribution in [3.8, 4) is 5.75 Å². The fourth-order valence-electron chi connectivity index (χ4n) is 2.12. The van der Waals surface area contributed by atoms with Gasteiger partial charge in [-0.15, -0.1) is 0 Å². The fraction of sp³-hybridized carbons (Fsp3) is 0.500. The molecular formula is C12H17NO. The van der Waals surface area contributed by atoms with E-state index < -0.39 is 0 Å². The van der Waals surface area contributed by atoms with Crippen molar-refractivity contribution in [2.75, 3.05) is 13.7 Å². The lowest BCUT2D eigenvalue weighted by Crippen LogP contribution is -2.13. The highest BCUT2D eigenvalue weighted by atomic mass is 16.5. The van der Waals surface area contributed by atoms with E-state index in [4.69, 9.17) is 4.74 Å². The summed E-state index contributed by atoms with van der Waals surface area (Å²) in [7, 11) is 1.71. The van der Waals surface area contributed by atoms with Crippen LogP contribution in [0.5, 0.6) is 5.75 Å². The molecule has 0 bridgehead atoms. The fourth-order valence-corrected chi connectivity index (χ4v) is 2.12. The first-order valence-corrected chi connectivity index (χ1v) is 5.19. The van der Waals surface area contributed by atoms with Gasteiger partial charge >= 0.3 is 0 Å². The average Bonchev–Trinajstić information content (AvgIpc) is 2.70. The van der Waals surface area contributed by atoms with Crippen LogP contribution in [0.4, 0.5) is 0 Å². The normalized spacial score (nSPS) is 21.1. The van der Waals surface area contributed by atoms with Gasteiger partial charge in [0.15, 0.2) is 0 Å². The minimum absolute atomic E-state index is 0.556. The zero-order chi connectivity index (χ0) is 9.97. The number of benzene rings is 1. The Bertz CT molecular complexity index is 316. The van der Waals surface area contributed by atoms with E-state index in [0.717, 1.165) is 12.3 Å². The first kappa shape index (κ1) is 9.53. The predicted molar refractivity (Wildman–Crippen MR) is 57.7 cm³/mol. The number of nitrogens with one attached hydrogen (secondary N) is 1. The third-order valence-electron chi connectivity index (χ3n) is 2.91. The summed E-state index contributed by atoms with van der Waals surface area (Å²) in [6, 6.07) is 6.88. The van der Waals surface area contributed by atoms with Crippen molar-refractivity contribution in [2.45, 2.75) is 25.8 Å². The lowest BCUT2D eigenvalue weighted by Gasteiger charge is -2.14. The maximum atomic E-state index is 5.19. The third kappa shape index (κ3) is 1.75. The van der Waals surface area contributed by atoms with E-state index in [0.29, 0.717) is 6.04 Å². The van der Waals surface area contributed by atoms with Gasteiger partial charge in [0.25, 0.3) is 0 Å². The van der Waals surface area contributed by atoms with Gasteiger partial charge in [0.2, 0.25) is 0 Å². The Morgan fingerprint density at radius 2 is 2.29 bits per heavy atom. The minimum Gasteiger partial charge on any atom is -0.497 e. The Hall–Kier alpha value is -1.02. The number of ether oxygens (including phenoxy) is 1. The molecule has 14 heavy (non-hydrogen) atoms. The SMILES string of the molecule is COc1ccc([C@H]2CCCN2)c(C)c1. The topological polar surface area (TPSA) is 21.3 Å². The molecule has 1 aromatic carbocycles. The van der Waals surface area contributed by atoms with E-state index in [1.54, 1.807) is 7.11 Å². The van der Waals surface area contributed by atoms with Crippen LogP contribution in [0.15, 0.2) is 18.2 Å². The molecule has 0 spiro atoms. The molecule has 1 saturated heterocycles. The van der Waals surface area contributed by atoms with E-state index in [1.165, 1.54) is 24.0 Å². The molecule has 2 rings (SSSR count). The first-order valence-electron chi connectivity index (χ1n) is 5.19. The summed E-state index contributed by atoms with van der Waals surface area (Å²) in [4.78, 5) is 0. The lowest BCUT2D eigenvalue weighted by atomic mass is 10.00. The van der Waals surface area contributed by atoms with Crippen LogP contribution in [0.3, 0.4) is 0 Å². The van der Waals surface area contributed by atoms with Gasteiger partial charge in [0, 0.05) is 6.04 Å². The highest BCUT2D eigenvalue weighted by Crippen LogP contribution is 2.27. The van der Waals surface area contributed by atoms with Crippen LogP contribution in [0.1, 0.15) is 30.0 Å².